The van der Waals surface area contributed by atoms with Crippen LogP contribution in [0, 0.1) is 0 Å². The molecule has 9 heteroatoms. The van der Waals surface area contributed by atoms with Gasteiger partial charge in [0.15, 0.2) is 0 Å². The van der Waals surface area contributed by atoms with Gasteiger partial charge in [-0.25, -0.2) is 8.42 Å². The quantitative estimate of drug-likeness (QED) is 0.894. The minimum absolute atomic E-state index is 0. The lowest BCUT2D eigenvalue weighted by Gasteiger charge is -2.31. The number of sulfonamides is 1. The van der Waals surface area contributed by atoms with E-state index in [2.05, 4.69) is 5.32 Å². The summed E-state index contributed by atoms with van der Waals surface area (Å²) in [6, 6.07) is 3.82. The number of hydrogen-bond donors (Lipinski definition) is 1. The van der Waals surface area contributed by atoms with Gasteiger partial charge < -0.3 is 5.32 Å². The van der Waals surface area contributed by atoms with Crippen LogP contribution in [0.5, 0.6) is 0 Å². The molecule has 1 saturated heterocycles. The molecule has 0 aliphatic carbocycles. The predicted molar refractivity (Wildman–Crippen MR) is 74.9 cm³/mol. The molecule has 0 unspecified atom stereocenters. The van der Waals surface area contributed by atoms with Crippen LogP contribution in [0.2, 0.25) is 0 Å². The van der Waals surface area contributed by atoms with Crippen LogP contribution in [0.15, 0.2) is 29.2 Å². The highest BCUT2D eigenvalue weighted by Gasteiger charge is 2.33. The van der Waals surface area contributed by atoms with Crippen LogP contribution < -0.4 is 5.32 Å². The Bertz CT molecular complexity index is 592. The first kappa shape index (κ1) is 18.2. The Morgan fingerprint density at radius 2 is 2.00 bits per heavy atom. The maximum absolute atomic E-state index is 12.6. The molecule has 0 aromatic heterocycles. The summed E-state index contributed by atoms with van der Waals surface area (Å²) in [5.41, 5.74) is -0.957. The van der Waals surface area contributed by atoms with Crippen molar-refractivity contribution in [3.8, 4) is 0 Å². The number of benzene rings is 1. The molecule has 0 spiro atoms. The molecule has 1 heterocycles. The zero-order valence-corrected chi connectivity index (χ0v) is 12.9. The molecule has 1 aliphatic heterocycles. The fourth-order valence-electron chi connectivity index (χ4n) is 2.10. The first-order valence-corrected chi connectivity index (χ1v) is 7.56. The molecule has 1 N–H and O–H groups in total. The van der Waals surface area contributed by atoms with Gasteiger partial charge in [-0.15, -0.1) is 12.4 Å². The Balaban J connectivity index is 0.00000220. The van der Waals surface area contributed by atoms with Crippen LogP contribution in [-0.4, -0.2) is 38.4 Å². The van der Waals surface area contributed by atoms with Gasteiger partial charge in [0, 0.05) is 25.7 Å². The molecule has 1 fully saturated rings. The standard InChI is InChI=1S/C12H15F3N2O2S.ClH/c1-9-8-17(6-5-16-9)20(18,19)11-4-2-3-10(7-11)12(13,14)15;/h2-4,7,9,16H,5-6,8H2,1H3;1H/t9-;/m0./s1. The lowest BCUT2D eigenvalue weighted by Crippen LogP contribution is -2.51. The third-order valence-corrected chi connectivity index (χ3v) is 4.99. The van der Waals surface area contributed by atoms with Crippen molar-refractivity contribution < 1.29 is 21.6 Å². The van der Waals surface area contributed by atoms with Crippen molar-refractivity contribution in [3.63, 3.8) is 0 Å². The van der Waals surface area contributed by atoms with Gasteiger partial charge in [0.05, 0.1) is 10.5 Å². The Hall–Kier alpha value is -0.830. The van der Waals surface area contributed by atoms with E-state index >= 15 is 0 Å². The molecule has 1 atom stereocenters. The third-order valence-electron chi connectivity index (χ3n) is 3.13. The van der Waals surface area contributed by atoms with Gasteiger partial charge in [-0.3, -0.25) is 0 Å². The van der Waals surface area contributed by atoms with Crippen molar-refractivity contribution in [1.29, 1.82) is 0 Å². The van der Waals surface area contributed by atoms with Gasteiger partial charge in [-0.1, -0.05) is 6.07 Å². The normalized spacial score (nSPS) is 20.9. The zero-order valence-electron chi connectivity index (χ0n) is 11.2. The zero-order chi connectivity index (χ0) is 15.0. The Labute approximate surface area is 127 Å². The van der Waals surface area contributed by atoms with Gasteiger partial charge in [0.1, 0.15) is 0 Å². The smallest absolute Gasteiger partial charge is 0.312 e. The molecule has 1 aromatic carbocycles. The van der Waals surface area contributed by atoms with E-state index in [1.807, 2.05) is 6.92 Å². The lowest BCUT2D eigenvalue weighted by atomic mass is 10.2. The lowest BCUT2D eigenvalue weighted by molar-refractivity contribution is -0.137. The average Bonchev–Trinajstić information content (AvgIpc) is 2.38. The summed E-state index contributed by atoms with van der Waals surface area (Å²) in [7, 11) is -3.88. The van der Waals surface area contributed by atoms with Crippen molar-refractivity contribution in [3.05, 3.63) is 29.8 Å². The van der Waals surface area contributed by atoms with E-state index in [1.165, 1.54) is 10.4 Å². The number of hydrogen-bond acceptors (Lipinski definition) is 3. The first-order valence-electron chi connectivity index (χ1n) is 6.12. The van der Waals surface area contributed by atoms with E-state index < -0.39 is 21.8 Å². The van der Waals surface area contributed by atoms with Crippen LogP contribution in [0.3, 0.4) is 0 Å². The van der Waals surface area contributed by atoms with Gasteiger partial charge in [0.2, 0.25) is 10.0 Å². The molecule has 21 heavy (non-hydrogen) atoms. The molecule has 0 saturated carbocycles. The minimum atomic E-state index is -4.55. The van der Waals surface area contributed by atoms with E-state index in [0.717, 1.165) is 12.1 Å². The number of alkyl halides is 3. The second-order valence-corrected chi connectivity index (χ2v) is 6.68. The van der Waals surface area contributed by atoms with E-state index in [-0.39, 0.29) is 36.4 Å². The number of piperazine rings is 1. The summed E-state index contributed by atoms with van der Waals surface area (Å²) in [5, 5.41) is 3.09. The monoisotopic (exact) mass is 344 g/mol. The SMILES string of the molecule is C[C@H]1CN(S(=O)(=O)c2cccc(C(F)(F)F)c2)CCN1.Cl. The summed E-state index contributed by atoms with van der Waals surface area (Å²) < 4.78 is 63.8. The molecule has 0 bridgehead atoms. The number of rotatable bonds is 2. The largest absolute Gasteiger partial charge is 0.416 e. The average molecular weight is 345 g/mol. The third kappa shape index (κ3) is 4.09. The van der Waals surface area contributed by atoms with Crippen molar-refractivity contribution in [2.45, 2.75) is 24.0 Å². The summed E-state index contributed by atoms with van der Waals surface area (Å²) in [6.07, 6.45) is -4.55. The van der Waals surface area contributed by atoms with Gasteiger partial charge in [0.25, 0.3) is 0 Å². The van der Waals surface area contributed by atoms with Crippen LogP contribution in [0.25, 0.3) is 0 Å². The fourth-order valence-corrected chi connectivity index (χ4v) is 3.67. The molecular formula is C12H16ClF3N2O2S. The highest BCUT2D eigenvalue weighted by atomic mass is 35.5. The Morgan fingerprint density at radius 3 is 2.57 bits per heavy atom. The molecule has 1 aliphatic rings. The van der Waals surface area contributed by atoms with Crippen molar-refractivity contribution in [2.75, 3.05) is 19.6 Å². The first-order chi connectivity index (χ1) is 9.21. The van der Waals surface area contributed by atoms with Gasteiger partial charge in [-0.05, 0) is 25.1 Å². The van der Waals surface area contributed by atoms with Crippen LogP contribution >= 0.6 is 12.4 Å². The highest BCUT2D eigenvalue weighted by Crippen LogP contribution is 2.31. The Kier molecular flexibility index (Phi) is 5.65. The molecular weight excluding hydrogens is 329 g/mol. The molecule has 0 radical (unpaired) electrons. The van der Waals surface area contributed by atoms with Crippen LogP contribution in [0.4, 0.5) is 13.2 Å². The molecule has 2 rings (SSSR count). The minimum Gasteiger partial charge on any atom is -0.312 e. The van der Waals surface area contributed by atoms with E-state index in [9.17, 15) is 21.6 Å². The summed E-state index contributed by atoms with van der Waals surface area (Å²) in [5.74, 6) is 0. The maximum Gasteiger partial charge on any atom is 0.416 e. The maximum atomic E-state index is 12.6. The second kappa shape index (κ2) is 6.51. The van der Waals surface area contributed by atoms with Gasteiger partial charge >= 0.3 is 6.18 Å². The van der Waals surface area contributed by atoms with Gasteiger partial charge in [-0.2, -0.15) is 17.5 Å². The molecule has 120 valence electrons. The van der Waals surface area contributed by atoms with Crippen LogP contribution in [-0.2, 0) is 16.2 Å². The summed E-state index contributed by atoms with van der Waals surface area (Å²) in [6.45, 7) is 2.81. The van der Waals surface area contributed by atoms with E-state index in [1.54, 1.807) is 0 Å². The number of halogens is 4. The predicted octanol–water partition coefficient (Wildman–Crippen LogP) is 2.11. The number of nitrogens with one attached hydrogen (secondary N) is 1. The number of nitrogens with zero attached hydrogens (tertiary/aromatic N) is 1. The molecule has 4 nitrogen and oxygen atoms in total. The molecule has 1 aromatic rings. The van der Waals surface area contributed by atoms with Crippen molar-refractivity contribution in [1.82, 2.24) is 9.62 Å². The second-order valence-electron chi connectivity index (χ2n) is 4.74. The Morgan fingerprint density at radius 1 is 1.33 bits per heavy atom. The topological polar surface area (TPSA) is 49.4 Å². The van der Waals surface area contributed by atoms with E-state index in [0.29, 0.717) is 12.6 Å². The van der Waals surface area contributed by atoms with Crippen molar-refractivity contribution in [2.24, 2.45) is 0 Å². The highest BCUT2D eigenvalue weighted by molar-refractivity contribution is 7.89. The van der Waals surface area contributed by atoms with Crippen LogP contribution in [0.1, 0.15) is 12.5 Å². The summed E-state index contributed by atoms with van der Waals surface area (Å²) in [4.78, 5) is -0.318. The summed E-state index contributed by atoms with van der Waals surface area (Å²) >= 11 is 0. The molecule has 0 amide bonds. The fraction of sp³-hybridized carbons (Fsp3) is 0.500. The van der Waals surface area contributed by atoms with Crippen molar-refractivity contribution >= 4 is 22.4 Å². The van der Waals surface area contributed by atoms with E-state index in [4.69, 9.17) is 0 Å².